The van der Waals surface area contributed by atoms with Gasteiger partial charge in [0.25, 0.3) is 0 Å². The van der Waals surface area contributed by atoms with Crippen molar-refractivity contribution < 1.29 is 17.6 Å². The first-order valence-corrected chi connectivity index (χ1v) is 6.31. The predicted octanol–water partition coefficient (Wildman–Crippen LogP) is 4.98. The molecule has 1 heterocycles. The van der Waals surface area contributed by atoms with Gasteiger partial charge in [0.05, 0.1) is 12.1 Å². The van der Waals surface area contributed by atoms with Crippen LogP contribution in [-0.4, -0.2) is 0 Å². The van der Waals surface area contributed by atoms with Gasteiger partial charge < -0.3 is 9.73 Å². The Morgan fingerprint density at radius 3 is 2.53 bits per heavy atom. The SMILES string of the molecule is Cc1ccc(NCc2ccc(Br)o2)cc1C(F)(F)F. The van der Waals surface area contributed by atoms with E-state index in [1.807, 2.05) is 0 Å². The molecule has 0 aliphatic rings. The van der Waals surface area contributed by atoms with Crippen LogP contribution < -0.4 is 5.32 Å². The molecule has 0 saturated heterocycles. The number of halogens is 4. The van der Waals surface area contributed by atoms with Crippen LogP contribution in [0.1, 0.15) is 16.9 Å². The monoisotopic (exact) mass is 333 g/mol. The lowest BCUT2D eigenvalue weighted by Crippen LogP contribution is -2.08. The Morgan fingerprint density at radius 2 is 1.95 bits per heavy atom. The Labute approximate surface area is 116 Å². The van der Waals surface area contributed by atoms with E-state index in [0.29, 0.717) is 22.7 Å². The smallest absolute Gasteiger partial charge is 0.416 e. The van der Waals surface area contributed by atoms with Gasteiger partial charge in [0.15, 0.2) is 4.67 Å². The fourth-order valence-electron chi connectivity index (χ4n) is 1.67. The third kappa shape index (κ3) is 3.53. The second-order valence-corrected chi connectivity index (χ2v) is 4.87. The van der Waals surface area contributed by atoms with Crippen molar-refractivity contribution in [3.05, 3.63) is 51.9 Å². The molecule has 2 nitrogen and oxygen atoms in total. The summed E-state index contributed by atoms with van der Waals surface area (Å²) in [4.78, 5) is 0. The summed E-state index contributed by atoms with van der Waals surface area (Å²) in [7, 11) is 0. The maximum absolute atomic E-state index is 12.7. The summed E-state index contributed by atoms with van der Waals surface area (Å²) in [5, 5.41) is 2.90. The Morgan fingerprint density at radius 1 is 1.21 bits per heavy atom. The van der Waals surface area contributed by atoms with E-state index in [2.05, 4.69) is 21.2 Å². The fraction of sp³-hybridized carbons (Fsp3) is 0.231. The topological polar surface area (TPSA) is 25.2 Å². The molecular formula is C13H11BrF3NO. The molecule has 6 heteroatoms. The minimum atomic E-state index is -4.34. The molecule has 0 spiro atoms. The van der Waals surface area contributed by atoms with Crippen molar-refractivity contribution in [2.45, 2.75) is 19.6 Å². The van der Waals surface area contributed by atoms with Crippen molar-refractivity contribution in [3.8, 4) is 0 Å². The van der Waals surface area contributed by atoms with E-state index >= 15 is 0 Å². The maximum atomic E-state index is 12.7. The lowest BCUT2D eigenvalue weighted by molar-refractivity contribution is -0.138. The van der Waals surface area contributed by atoms with Crippen LogP contribution in [0.3, 0.4) is 0 Å². The molecule has 1 aromatic heterocycles. The third-order valence-corrected chi connectivity index (χ3v) is 3.06. The molecule has 0 bridgehead atoms. The maximum Gasteiger partial charge on any atom is 0.416 e. The average molecular weight is 334 g/mol. The number of hydrogen-bond acceptors (Lipinski definition) is 2. The van der Waals surface area contributed by atoms with Crippen molar-refractivity contribution in [2.24, 2.45) is 0 Å². The molecule has 102 valence electrons. The van der Waals surface area contributed by atoms with Crippen LogP contribution in [0.5, 0.6) is 0 Å². The third-order valence-electron chi connectivity index (χ3n) is 2.64. The molecule has 0 aliphatic carbocycles. The Hall–Kier alpha value is -1.43. The Kier molecular flexibility index (Phi) is 3.89. The highest BCUT2D eigenvalue weighted by atomic mass is 79.9. The van der Waals surface area contributed by atoms with Crippen LogP contribution >= 0.6 is 15.9 Å². The second kappa shape index (κ2) is 5.28. The van der Waals surface area contributed by atoms with Crippen molar-refractivity contribution in [1.82, 2.24) is 0 Å². The van der Waals surface area contributed by atoms with E-state index in [0.717, 1.165) is 6.07 Å². The Balaban J connectivity index is 2.13. The highest BCUT2D eigenvalue weighted by Crippen LogP contribution is 2.33. The van der Waals surface area contributed by atoms with Crippen LogP contribution in [0.2, 0.25) is 0 Å². The number of rotatable bonds is 3. The van der Waals surface area contributed by atoms with Crippen LogP contribution in [-0.2, 0) is 12.7 Å². The summed E-state index contributed by atoms with van der Waals surface area (Å²) in [6, 6.07) is 7.64. The van der Waals surface area contributed by atoms with E-state index in [1.54, 1.807) is 18.2 Å². The molecule has 2 rings (SSSR count). The first-order chi connectivity index (χ1) is 8.86. The minimum Gasteiger partial charge on any atom is -0.452 e. The zero-order valence-corrected chi connectivity index (χ0v) is 11.6. The van der Waals surface area contributed by atoms with Gasteiger partial charge in [0, 0.05) is 5.69 Å². The Bertz CT molecular complexity index is 578. The van der Waals surface area contributed by atoms with Gasteiger partial charge in [-0.1, -0.05) is 6.07 Å². The number of aryl methyl sites for hydroxylation is 1. The summed E-state index contributed by atoms with van der Waals surface area (Å²) in [6.45, 7) is 1.77. The minimum absolute atomic E-state index is 0.207. The number of furan rings is 1. The second-order valence-electron chi connectivity index (χ2n) is 4.09. The van der Waals surface area contributed by atoms with E-state index in [-0.39, 0.29) is 5.56 Å². The molecule has 0 fully saturated rings. The summed E-state index contributed by atoms with van der Waals surface area (Å²) >= 11 is 3.16. The lowest BCUT2D eigenvalue weighted by Gasteiger charge is -2.12. The summed E-state index contributed by atoms with van der Waals surface area (Å²) in [5.41, 5.74) is -0.0117. The van der Waals surface area contributed by atoms with E-state index in [4.69, 9.17) is 4.42 Å². The van der Waals surface area contributed by atoms with Crippen LogP contribution in [0.25, 0.3) is 0 Å². The number of anilines is 1. The molecule has 0 unspecified atom stereocenters. The van der Waals surface area contributed by atoms with Gasteiger partial charge in [0.1, 0.15) is 5.76 Å². The molecule has 0 aliphatic heterocycles. The van der Waals surface area contributed by atoms with Crippen LogP contribution in [0.4, 0.5) is 18.9 Å². The highest BCUT2D eigenvalue weighted by molar-refractivity contribution is 9.10. The first-order valence-electron chi connectivity index (χ1n) is 5.52. The fourth-order valence-corrected chi connectivity index (χ4v) is 2.01. The van der Waals surface area contributed by atoms with Gasteiger partial charge in [-0.2, -0.15) is 13.2 Å². The zero-order chi connectivity index (χ0) is 14.0. The summed E-state index contributed by atoms with van der Waals surface area (Å²) in [5.74, 6) is 0.640. The quantitative estimate of drug-likeness (QED) is 0.856. The average Bonchev–Trinajstić information content (AvgIpc) is 2.72. The van der Waals surface area contributed by atoms with E-state index in [1.165, 1.54) is 13.0 Å². The normalized spacial score (nSPS) is 11.6. The molecule has 19 heavy (non-hydrogen) atoms. The predicted molar refractivity (Wildman–Crippen MR) is 69.9 cm³/mol. The van der Waals surface area contributed by atoms with Gasteiger partial charge in [-0.3, -0.25) is 0 Å². The van der Waals surface area contributed by atoms with Gasteiger partial charge >= 0.3 is 6.18 Å². The molecule has 0 amide bonds. The van der Waals surface area contributed by atoms with E-state index < -0.39 is 11.7 Å². The number of benzene rings is 1. The number of nitrogens with one attached hydrogen (secondary N) is 1. The first kappa shape index (κ1) is 14.0. The van der Waals surface area contributed by atoms with Gasteiger partial charge in [-0.15, -0.1) is 0 Å². The standard InChI is InChI=1S/C13H11BrF3NO/c1-8-2-3-9(6-11(8)13(15,16)17)18-7-10-4-5-12(14)19-10/h2-6,18H,7H2,1H3. The van der Waals surface area contributed by atoms with Crippen LogP contribution in [0.15, 0.2) is 39.4 Å². The molecule has 0 saturated carbocycles. The van der Waals surface area contributed by atoms with Crippen molar-refractivity contribution >= 4 is 21.6 Å². The van der Waals surface area contributed by atoms with Crippen molar-refractivity contribution in [3.63, 3.8) is 0 Å². The van der Waals surface area contributed by atoms with Crippen molar-refractivity contribution in [2.75, 3.05) is 5.32 Å². The zero-order valence-electron chi connectivity index (χ0n) is 10.0. The number of hydrogen-bond donors (Lipinski definition) is 1. The van der Waals surface area contributed by atoms with Crippen LogP contribution in [0, 0.1) is 6.92 Å². The number of alkyl halides is 3. The highest BCUT2D eigenvalue weighted by Gasteiger charge is 2.32. The van der Waals surface area contributed by atoms with Gasteiger partial charge in [0.2, 0.25) is 0 Å². The van der Waals surface area contributed by atoms with Crippen molar-refractivity contribution in [1.29, 1.82) is 0 Å². The summed E-state index contributed by atoms with van der Waals surface area (Å²) in [6.07, 6.45) is -4.34. The molecule has 1 N–H and O–H groups in total. The van der Waals surface area contributed by atoms with Gasteiger partial charge in [-0.05, 0) is 52.7 Å². The molecule has 0 radical (unpaired) electrons. The largest absolute Gasteiger partial charge is 0.452 e. The molecule has 0 atom stereocenters. The molecule has 1 aromatic carbocycles. The summed E-state index contributed by atoms with van der Waals surface area (Å²) < 4.78 is 44.1. The molecule has 2 aromatic rings. The van der Waals surface area contributed by atoms with E-state index in [9.17, 15) is 13.2 Å². The lowest BCUT2D eigenvalue weighted by atomic mass is 10.1. The molecular weight excluding hydrogens is 323 g/mol. The van der Waals surface area contributed by atoms with Gasteiger partial charge in [-0.25, -0.2) is 0 Å².